The van der Waals surface area contributed by atoms with Gasteiger partial charge >= 0.3 is 0 Å². The molecule has 0 atom stereocenters. The van der Waals surface area contributed by atoms with Crippen LogP contribution in [0.15, 0.2) is 24.5 Å². The third kappa shape index (κ3) is 3.53. The summed E-state index contributed by atoms with van der Waals surface area (Å²) in [6.45, 7) is 3.05. The van der Waals surface area contributed by atoms with Crippen LogP contribution in [0.3, 0.4) is 0 Å². The minimum atomic E-state index is -0.362. The van der Waals surface area contributed by atoms with Gasteiger partial charge in [0.05, 0.1) is 0 Å². The molecule has 0 N–H and O–H groups in total. The molecule has 0 saturated carbocycles. The van der Waals surface area contributed by atoms with Gasteiger partial charge in [0.15, 0.2) is 17.4 Å². The number of aromatic nitrogens is 3. The van der Waals surface area contributed by atoms with E-state index in [1.807, 2.05) is 6.07 Å². The van der Waals surface area contributed by atoms with Crippen molar-refractivity contribution >= 4 is 15.9 Å². The second-order valence-electron chi connectivity index (χ2n) is 4.09. The van der Waals surface area contributed by atoms with Crippen LogP contribution in [0.25, 0.3) is 0 Å². The van der Waals surface area contributed by atoms with E-state index >= 15 is 0 Å². The van der Waals surface area contributed by atoms with Crippen LogP contribution in [0, 0.1) is 5.82 Å². The van der Waals surface area contributed by atoms with Crippen LogP contribution in [0.4, 0.5) is 4.39 Å². The number of alkyl halides is 1. The molecule has 0 fully saturated rings. The van der Waals surface area contributed by atoms with Gasteiger partial charge in [-0.2, -0.15) is 5.10 Å². The topological polar surface area (TPSA) is 39.9 Å². The van der Waals surface area contributed by atoms with E-state index in [1.165, 1.54) is 12.4 Å². The van der Waals surface area contributed by atoms with Crippen LogP contribution in [0.1, 0.15) is 24.7 Å². The second kappa shape index (κ2) is 6.65. The van der Waals surface area contributed by atoms with Gasteiger partial charge in [-0.05, 0) is 24.1 Å². The lowest BCUT2D eigenvalue weighted by molar-refractivity contribution is 0.272. The summed E-state index contributed by atoms with van der Waals surface area (Å²) in [6.07, 6.45) is 2.45. The van der Waals surface area contributed by atoms with Gasteiger partial charge in [-0.25, -0.2) is 14.1 Å². The van der Waals surface area contributed by atoms with E-state index in [0.717, 1.165) is 18.5 Å². The molecule has 0 aliphatic heterocycles. The Labute approximate surface area is 119 Å². The van der Waals surface area contributed by atoms with Crippen molar-refractivity contribution in [3.8, 4) is 5.75 Å². The van der Waals surface area contributed by atoms with Crippen molar-refractivity contribution in [3.05, 3.63) is 41.7 Å². The molecule has 0 unspecified atom stereocenters. The molecule has 0 aliphatic carbocycles. The second-order valence-corrected chi connectivity index (χ2v) is 4.65. The molecule has 0 saturated heterocycles. The molecular formula is C13H15BrFN3O. The minimum absolute atomic E-state index is 0.213. The van der Waals surface area contributed by atoms with Crippen molar-refractivity contribution in [1.29, 1.82) is 0 Å². The highest BCUT2D eigenvalue weighted by atomic mass is 79.9. The molecule has 1 heterocycles. The number of rotatable bonds is 6. The summed E-state index contributed by atoms with van der Waals surface area (Å²) in [4.78, 5) is 4.11. The highest BCUT2D eigenvalue weighted by Gasteiger charge is 2.08. The molecule has 2 rings (SSSR count). The fraction of sp³-hybridized carbons (Fsp3) is 0.385. The average molecular weight is 328 g/mol. The van der Waals surface area contributed by atoms with Gasteiger partial charge in [0.1, 0.15) is 12.9 Å². The summed E-state index contributed by atoms with van der Waals surface area (Å²) in [5.41, 5.74) is 0.874. The zero-order valence-corrected chi connectivity index (χ0v) is 12.2. The van der Waals surface area contributed by atoms with Crippen molar-refractivity contribution in [2.24, 2.45) is 0 Å². The Balaban J connectivity index is 2.04. The molecule has 0 amide bonds. The van der Waals surface area contributed by atoms with Crippen LogP contribution < -0.4 is 4.74 Å². The van der Waals surface area contributed by atoms with Gasteiger partial charge in [0, 0.05) is 11.9 Å². The van der Waals surface area contributed by atoms with Crippen LogP contribution in [-0.4, -0.2) is 14.8 Å². The number of aryl methyl sites for hydroxylation is 1. The van der Waals surface area contributed by atoms with Gasteiger partial charge in [-0.1, -0.05) is 28.9 Å². The van der Waals surface area contributed by atoms with E-state index in [-0.39, 0.29) is 18.2 Å². The maximum atomic E-state index is 13.7. The first-order chi connectivity index (χ1) is 9.24. The molecule has 0 aliphatic rings. The lowest BCUT2D eigenvalue weighted by Gasteiger charge is -2.08. The predicted molar refractivity (Wildman–Crippen MR) is 73.7 cm³/mol. The van der Waals surface area contributed by atoms with Crippen molar-refractivity contribution in [2.75, 3.05) is 0 Å². The van der Waals surface area contributed by atoms with E-state index in [9.17, 15) is 4.39 Å². The first-order valence-corrected chi connectivity index (χ1v) is 7.20. The first-order valence-electron chi connectivity index (χ1n) is 6.08. The average Bonchev–Trinajstić information content (AvgIpc) is 2.85. The van der Waals surface area contributed by atoms with Crippen molar-refractivity contribution < 1.29 is 9.13 Å². The summed E-state index contributed by atoms with van der Waals surface area (Å²) in [5.74, 6) is 0.570. The van der Waals surface area contributed by atoms with Gasteiger partial charge < -0.3 is 4.74 Å². The Morgan fingerprint density at radius 3 is 2.95 bits per heavy atom. The zero-order valence-electron chi connectivity index (χ0n) is 10.6. The highest BCUT2D eigenvalue weighted by Crippen LogP contribution is 2.20. The molecule has 4 nitrogen and oxygen atoms in total. The first kappa shape index (κ1) is 14.0. The van der Waals surface area contributed by atoms with Gasteiger partial charge in [0.2, 0.25) is 0 Å². The van der Waals surface area contributed by atoms with Crippen molar-refractivity contribution in [3.63, 3.8) is 0 Å². The zero-order chi connectivity index (χ0) is 13.7. The molecule has 19 heavy (non-hydrogen) atoms. The molecule has 0 spiro atoms. The number of halogens is 2. The molecule has 2 aromatic rings. The van der Waals surface area contributed by atoms with Gasteiger partial charge in [-0.3, -0.25) is 0 Å². The third-order valence-electron chi connectivity index (χ3n) is 2.64. The summed E-state index contributed by atoms with van der Waals surface area (Å²) < 4.78 is 20.9. The summed E-state index contributed by atoms with van der Waals surface area (Å²) in [7, 11) is 0. The molecular weight excluding hydrogens is 313 g/mol. The van der Waals surface area contributed by atoms with E-state index in [0.29, 0.717) is 11.2 Å². The van der Waals surface area contributed by atoms with Crippen molar-refractivity contribution in [2.45, 2.75) is 31.8 Å². The standard InChI is InChI=1S/C13H15BrFN3O/c1-2-5-18-13(16-9-17-18)8-19-12-4-3-10(7-14)6-11(12)15/h3-4,6,9H,2,5,7-8H2,1H3. The number of ether oxygens (including phenoxy) is 1. The monoisotopic (exact) mass is 327 g/mol. The quantitative estimate of drug-likeness (QED) is 0.764. The molecule has 6 heteroatoms. The van der Waals surface area contributed by atoms with E-state index in [1.54, 1.807) is 10.7 Å². The Kier molecular flexibility index (Phi) is 4.90. The fourth-order valence-corrected chi connectivity index (χ4v) is 2.03. The number of benzene rings is 1. The largest absolute Gasteiger partial charge is 0.483 e. The van der Waals surface area contributed by atoms with Crippen LogP contribution in [-0.2, 0) is 18.5 Å². The SMILES string of the molecule is CCCn1ncnc1COc1ccc(CBr)cc1F. The van der Waals surface area contributed by atoms with Gasteiger partial charge in [0.25, 0.3) is 0 Å². The molecule has 0 bridgehead atoms. The summed E-state index contributed by atoms with van der Waals surface area (Å²) >= 11 is 3.28. The Morgan fingerprint density at radius 2 is 2.26 bits per heavy atom. The highest BCUT2D eigenvalue weighted by molar-refractivity contribution is 9.08. The van der Waals surface area contributed by atoms with Crippen LogP contribution in [0.2, 0.25) is 0 Å². The van der Waals surface area contributed by atoms with Gasteiger partial charge in [-0.15, -0.1) is 0 Å². The molecule has 102 valence electrons. The normalized spacial score (nSPS) is 10.7. The minimum Gasteiger partial charge on any atom is -0.483 e. The summed E-state index contributed by atoms with van der Waals surface area (Å²) in [5, 5.41) is 4.71. The van der Waals surface area contributed by atoms with E-state index in [4.69, 9.17) is 4.74 Å². The lowest BCUT2D eigenvalue weighted by atomic mass is 10.2. The molecule has 1 aromatic heterocycles. The summed E-state index contributed by atoms with van der Waals surface area (Å²) in [6, 6.07) is 4.91. The molecule has 0 radical (unpaired) electrons. The Morgan fingerprint density at radius 1 is 1.42 bits per heavy atom. The fourth-order valence-electron chi connectivity index (χ4n) is 1.69. The van der Waals surface area contributed by atoms with Crippen LogP contribution in [0.5, 0.6) is 5.75 Å². The van der Waals surface area contributed by atoms with Crippen LogP contribution >= 0.6 is 15.9 Å². The number of hydrogen-bond acceptors (Lipinski definition) is 3. The predicted octanol–water partition coefficient (Wildman–Crippen LogP) is 3.30. The lowest BCUT2D eigenvalue weighted by Crippen LogP contribution is -2.09. The number of hydrogen-bond donors (Lipinski definition) is 0. The third-order valence-corrected chi connectivity index (χ3v) is 3.29. The Hall–Kier alpha value is -1.43. The molecule has 1 aromatic carbocycles. The van der Waals surface area contributed by atoms with Crippen molar-refractivity contribution in [1.82, 2.24) is 14.8 Å². The maximum Gasteiger partial charge on any atom is 0.165 e. The Bertz CT molecular complexity index is 544. The number of nitrogens with zero attached hydrogens (tertiary/aromatic N) is 3. The van der Waals surface area contributed by atoms with E-state index < -0.39 is 0 Å². The maximum absolute atomic E-state index is 13.7. The smallest absolute Gasteiger partial charge is 0.165 e. The van der Waals surface area contributed by atoms with E-state index in [2.05, 4.69) is 32.9 Å².